The Balaban J connectivity index is 1.98. The van der Waals surface area contributed by atoms with Gasteiger partial charge in [0.2, 0.25) is 0 Å². The number of fused-ring (bicyclic) bond motifs is 1. The van der Waals surface area contributed by atoms with Crippen LogP contribution in [-0.4, -0.2) is 47.1 Å². The fraction of sp³-hybridized carbons (Fsp3) is 0.500. The molecular weight excluding hydrogens is 336 g/mol. The first-order valence-electron chi connectivity index (χ1n) is 8.83. The van der Waals surface area contributed by atoms with E-state index in [-0.39, 0.29) is 17.9 Å². The molecule has 3 N–H and O–H groups in total. The number of benzene rings is 1. The van der Waals surface area contributed by atoms with Gasteiger partial charge in [0.25, 0.3) is 5.91 Å². The van der Waals surface area contributed by atoms with E-state index in [1.165, 1.54) is 9.13 Å². The maximum absolute atomic E-state index is 12.8. The largest absolute Gasteiger partial charge is 0.380 e. The first-order chi connectivity index (χ1) is 12.6. The summed E-state index contributed by atoms with van der Waals surface area (Å²) in [6.45, 7) is 1.93. The molecule has 140 valence electrons. The van der Waals surface area contributed by atoms with Crippen molar-refractivity contribution in [3.8, 4) is 0 Å². The lowest BCUT2D eigenvalue weighted by molar-refractivity contribution is -0.135. The summed E-state index contributed by atoms with van der Waals surface area (Å²) in [6, 6.07) is 4.49. The Labute approximate surface area is 150 Å². The molecule has 2 aromatic rings. The number of piperidine rings is 1. The van der Waals surface area contributed by atoms with Crippen molar-refractivity contribution in [2.24, 2.45) is 12.8 Å². The Bertz CT molecular complexity index is 867. The number of Topliss-reactive ketones (excluding diaryl/α,β-unsaturated/α-hetero) is 1. The lowest BCUT2D eigenvalue weighted by Gasteiger charge is -2.21. The number of nitrogens with one attached hydrogen (secondary N) is 1. The monoisotopic (exact) mass is 360 g/mol. The molecule has 1 saturated heterocycles. The summed E-state index contributed by atoms with van der Waals surface area (Å²) in [7, 11) is 1.67. The number of aromatic nitrogens is 2. The van der Waals surface area contributed by atoms with Crippen LogP contribution in [0.15, 0.2) is 23.0 Å². The van der Waals surface area contributed by atoms with Gasteiger partial charge in [-0.3, -0.25) is 18.7 Å². The van der Waals surface area contributed by atoms with Gasteiger partial charge in [0, 0.05) is 33.2 Å². The molecule has 2 heterocycles. The van der Waals surface area contributed by atoms with Crippen molar-refractivity contribution in [2.75, 3.05) is 26.3 Å². The fourth-order valence-electron chi connectivity index (χ4n) is 3.47. The summed E-state index contributed by atoms with van der Waals surface area (Å²) in [4.78, 5) is 37.4. The van der Waals surface area contributed by atoms with Crippen molar-refractivity contribution >= 4 is 22.7 Å². The van der Waals surface area contributed by atoms with Gasteiger partial charge >= 0.3 is 5.69 Å². The zero-order valence-corrected chi connectivity index (χ0v) is 14.9. The number of rotatable bonds is 7. The van der Waals surface area contributed by atoms with Gasteiger partial charge in [-0.2, -0.15) is 0 Å². The average molecular weight is 360 g/mol. The molecule has 8 heteroatoms. The standard InChI is InChI=1S/C18H24N4O4/c1-21-15-12(5-3-10-26-11-8-19)4-2-6-13(15)22(18(21)25)16-14(23)7-9-20-17(16)24/h2,4,6,16H,3,5,7-11,19H2,1H3,(H,20,24). The summed E-state index contributed by atoms with van der Waals surface area (Å²) in [5.74, 6) is -0.652. The van der Waals surface area contributed by atoms with E-state index in [4.69, 9.17) is 10.5 Å². The van der Waals surface area contributed by atoms with Crippen LogP contribution in [0.2, 0.25) is 0 Å². The Morgan fingerprint density at radius 1 is 1.27 bits per heavy atom. The molecule has 1 aliphatic heterocycles. The van der Waals surface area contributed by atoms with E-state index < -0.39 is 11.9 Å². The molecule has 0 aliphatic carbocycles. The van der Waals surface area contributed by atoms with Crippen LogP contribution in [0.25, 0.3) is 11.0 Å². The molecule has 0 bridgehead atoms. The number of nitrogens with zero attached hydrogens (tertiary/aromatic N) is 2. The van der Waals surface area contributed by atoms with Gasteiger partial charge in [0.05, 0.1) is 17.6 Å². The minimum atomic E-state index is -1.09. The van der Waals surface area contributed by atoms with E-state index in [1.807, 2.05) is 12.1 Å². The molecule has 0 radical (unpaired) electrons. The fourth-order valence-corrected chi connectivity index (χ4v) is 3.47. The number of ether oxygens (including phenoxy) is 1. The molecule has 0 saturated carbocycles. The molecule has 0 spiro atoms. The van der Waals surface area contributed by atoms with Gasteiger partial charge in [-0.1, -0.05) is 12.1 Å². The molecule has 1 aromatic heterocycles. The lowest BCUT2D eigenvalue weighted by Crippen LogP contribution is -2.46. The summed E-state index contributed by atoms with van der Waals surface area (Å²) < 4.78 is 8.24. The molecule has 1 aliphatic rings. The van der Waals surface area contributed by atoms with Crippen molar-refractivity contribution in [1.82, 2.24) is 14.5 Å². The van der Waals surface area contributed by atoms with Gasteiger partial charge in [0.15, 0.2) is 11.8 Å². The van der Waals surface area contributed by atoms with E-state index in [2.05, 4.69) is 5.32 Å². The van der Waals surface area contributed by atoms with Crippen LogP contribution in [0.5, 0.6) is 0 Å². The minimum Gasteiger partial charge on any atom is -0.380 e. The van der Waals surface area contributed by atoms with Crippen molar-refractivity contribution < 1.29 is 14.3 Å². The molecule has 8 nitrogen and oxygen atoms in total. The number of amides is 1. The van der Waals surface area contributed by atoms with Crippen LogP contribution in [0.4, 0.5) is 0 Å². The number of ketones is 1. The highest BCUT2D eigenvalue weighted by Crippen LogP contribution is 2.24. The number of para-hydroxylation sites is 1. The van der Waals surface area contributed by atoms with E-state index in [0.717, 1.165) is 23.9 Å². The summed E-state index contributed by atoms with van der Waals surface area (Å²) in [5.41, 5.74) is 7.39. The number of aryl methyl sites for hydroxylation is 2. The predicted octanol–water partition coefficient (Wildman–Crippen LogP) is -0.122. The van der Waals surface area contributed by atoms with Gasteiger partial charge in [-0.15, -0.1) is 0 Å². The highest BCUT2D eigenvalue weighted by molar-refractivity contribution is 6.06. The summed E-state index contributed by atoms with van der Waals surface area (Å²) >= 11 is 0. The second-order valence-electron chi connectivity index (χ2n) is 6.41. The number of carbonyl (C=O) groups is 2. The van der Waals surface area contributed by atoms with Crippen molar-refractivity contribution in [1.29, 1.82) is 0 Å². The van der Waals surface area contributed by atoms with Crippen molar-refractivity contribution in [3.05, 3.63) is 34.2 Å². The second kappa shape index (κ2) is 7.84. The van der Waals surface area contributed by atoms with E-state index in [1.54, 1.807) is 13.1 Å². The number of carbonyl (C=O) groups excluding carboxylic acids is 2. The third-order valence-corrected chi connectivity index (χ3v) is 4.67. The van der Waals surface area contributed by atoms with Gasteiger partial charge in [-0.25, -0.2) is 4.79 Å². The highest BCUT2D eigenvalue weighted by Gasteiger charge is 2.34. The second-order valence-corrected chi connectivity index (χ2v) is 6.41. The topological polar surface area (TPSA) is 108 Å². The van der Waals surface area contributed by atoms with Crippen molar-refractivity contribution in [3.63, 3.8) is 0 Å². The SMILES string of the molecule is Cn1c(=O)n(C2C(=O)CCNC2=O)c2cccc(CCCOCCN)c21. The van der Waals surface area contributed by atoms with Crippen LogP contribution in [-0.2, 0) is 27.8 Å². The van der Waals surface area contributed by atoms with Crippen LogP contribution in [0.3, 0.4) is 0 Å². The first-order valence-corrected chi connectivity index (χ1v) is 8.83. The molecule has 1 amide bonds. The summed E-state index contributed by atoms with van der Waals surface area (Å²) in [5, 5.41) is 2.68. The van der Waals surface area contributed by atoms with E-state index in [0.29, 0.717) is 31.8 Å². The maximum atomic E-state index is 12.8. The molecule has 26 heavy (non-hydrogen) atoms. The Morgan fingerprint density at radius 3 is 2.81 bits per heavy atom. The zero-order valence-electron chi connectivity index (χ0n) is 14.9. The zero-order chi connectivity index (χ0) is 18.7. The van der Waals surface area contributed by atoms with E-state index in [9.17, 15) is 14.4 Å². The van der Waals surface area contributed by atoms with Crippen molar-refractivity contribution in [2.45, 2.75) is 25.3 Å². The van der Waals surface area contributed by atoms with Gasteiger partial charge in [-0.05, 0) is 24.5 Å². The smallest absolute Gasteiger partial charge is 0.329 e. The molecular formula is C18H24N4O4. The van der Waals surface area contributed by atoms with Gasteiger partial charge < -0.3 is 15.8 Å². The molecule has 1 fully saturated rings. The number of hydrogen-bond acceptors (Lipinski definition) is 5. The molecule has 1 unspecified atom stereocenters. The first kappa shape index (κ1) is 18.3. The molecule has 1 aromatic carbocycles. The minimum absolute atomic E-state index is 0.232. The third kappa shape index (κ3) is 3.30. The van der Waals surface area contributed by atoms with Crippen LogP contribution < -0.4 is 16.7 Å². The van der Waals surface area contributed by atoms with Crippen LogP contribution >= 0.6 is 0 Å². The normalized spacial score (nSPS) is 17.7. The average Bonchev–Trinajstić information content (AvgIpc) is 2.87. The number of hydrogen-bond donors (Lipinski definition) is 2. The van der Waals surface area contributed by atoms with E-state index >= 15 is 0 Å². The molecule has 1 atom stereocenters. The van der Waals surface area contributed by atoms with Crippen LogP contribution in [0, 0.1) is 0 Å². The Hall–Kier alpha value is -2.45. The highest BCUT2D eigenvalue weighted by atomic mass is 16.5. The summed E-state index contributed by atoms with van der Waals surface area (Å²) in [6.07, 6.45) is 1.75. The maximum Gasteiger partial charge on any atom is 0.329 e. The third-order valence-electron chi connectivity index (χ3n) is 4.67. The van der Waals surface area contributed by atoms with Gasteiger partial charge in [0.1, 0.15) is 0 Å². The Kier molecular flexibility index (Phi) is 5.53. The number of imidazole rings is 1. The Morgan fingerprint density at radius 2 is 2.08 bits per heavy atom. The van der Waals surface area contributed by atoms with Crippen LogP contribution in [0.1, 0.15) is 24.4 Å². The molecule has 3 rings (SSSR count). The lowest BCUT2D eigenvalue weighted by atomic mass is 10.0. The predicted molar refractivity (Wildman–Crippen MR) is 97.0 cm³/mol. The quantitative estimate of drug-likeness (QED) is 0.528. The number of nitrogens with two attached hydrogens (primary N) is 1.